The Bertz CT molecular complexity index is 1150. The molecule has 1 aromatic heterocycles. The lowest BCUT2D eigenvalue weighted by Crippen LogP contribution is -2.26. The van der Waals surface area contributed by atoms with Crippen molar-refractivity contribution >= 4 is 53.0 Å². The van der Waals surface area contributed by atoms with Crippen molar-refractivity contribution in [2.75, 3.05) is 6.16 Å². The molecule has 0 radical (unpaired) electrons. The Morgan fingerprint density at radius 3 is 2.77 bits per heavy atom. The highest BCUT2D eigenvalue weighted by atomic mass is 35.5. The topological polar surface area (TPSA) is 75.6 Å². The highest BCUT2D eigenvalue weighted by molar-refractivity contribution is 7.38. The molecule has 162 valence electrons. The predicted octanol–water partition coefficient (Wildman–Crippen LogP) is 6.06. The minimum atomic E-state index is -4.81. The van der Waals surface area contributed by atoms with Gasteiger partial charge in [-0.25, -0.2) is 0 Å². The molecule has 0 fully saturated rings. The van der Waals surface area contributed by atoms with E-state index in [0.29, 0.717) is 16.1 Å². The van der Waals surface area contributed by atoms with Crippen LogP contribution in [0.5, 0.6) is 5.75 Å². The van der Waals surface area contributed by atoms with Crippen LogP contribution in [0.1, 0.15) is 17.0 Å². The molecule has 0 aliphatic rings. The second-order valence-electron chi connectivity index (χ2n) is 6.38. The molecule has 0 aliphatic heterocycles. The number of carbonyl (C=O) groups is 1. The lowest BCUT2D eigenvalue weighted by atomic mass is 9.99. The van der Waals surface area contributed by atoms with Crippen LogP contribution in [0.4, 0.5) is 13.2 Å². The van der Waals surface area contributed by atoms with E-state index in [-0.39, 0.29) is 6.16 Å². The highest BCUT2D eigenvalue weighted by Crippen LogP contribution is 2.36. The van der Waals surface area contributed by atoms with Gasteiger partial charge in [-0.1, -0.05) is 23.7 Å². The molecule has 0 saturated carbocycles. The van der Waals surface area contributed by atoms with Crippen LogP contribution in [-0.2, 0) is 9.36 Å². The molecule has 2 N–H and O–H groups in total. The van der Waals surface area contributed by atoms with Gasteiger partial charge in [0.2, 0.25) is 5.91 Å². The number of nitrogens with one attached hydrogen (secondary N) is 1. The van der Waals surface area contributed by atoms with Gasteiger partial charge in [0.05, 0.1) is 0 Å². The summed E-state index contributed by atoms with van der Waals surface area (Å²) >= 11 is 7.43. The van der Waals surface area contributed by atoms with E-state index >= 15 is 0 Å². The van der Waals surface area contributed by atoms with E-state index in [2.05, 4.69) is 10.1 Å². The van der Waals surface area contributed by atoms with Crippen molar-refractivity contribution in [3.05, 3.63) is 70.2 Å². The van der Waals surface area contributed by atoms with Gasteiger partial charge >= 0.3 is 14.4 Å². The maximum absolute atomic E-state index is 12.7. The van der Waals surface area contributed by atoms with Crippen molar-refractivity contribution < 1.29 is 32.2 Å². The molecule has 2 aromatic carbocycles. The lowest BCUT2D eigenvalue weighted by molar-refractivity contribution is -0.274. The molecule has 31 heavy (non-hydrogen) atoms. The van der Waals surface area contributed by atoms with E-state index in [9.17, 15) is 27.4 Å². The maximum Gasteiger partial charge on any atom is 0.573 e. The number of fused-ring (bicyclic) bond motifs is 1. The molecule has 3 rings (SSSR count). The van der Waals surface area contributed by atoms with E-state index < -0.39 is 32.0 Å². The fourth-order valence-electron chi connectivity index (χ4n) is 2.91. The van der Waals surface area contributed by atoms with Gasteiger partial charge in [-0.15, -0.1) is 24.5 Å². The van der Waals surface area contributed by atoms with Gasteiger partial charge in [-0.3, -0.25) is 4.79 Å². The van der Waals surface area contributed by atoms with E-state index in [1.165, 1.54) is 35.7 Å². The maximum atomic E-state index is 12.7. The van der Waals surface area contributed by atoms with Gasteiger partial charge in [-0.05, 0) is 62.9 Å². The predicted molar refractivity (Wildman–Crippen MR) is 115 cm³/mol. The second kappa shape index (κ2) is 9.78. The summed E-state index contributed by atoms with van der Waals surface area (Å²) in [5.74, 6) is -1.83. The monoisotopic (exact) mass is 488 g/mol. The average Bonchev–Trinajstić information content (AvgIpc) is 3.07. The van der Waals surface area contributed by atoms with E-state index in [1.807, 2.05) is 0 Å². The van der Waals surface area contributed by atoms with Crippen LogP contribution in [0.25, 0.3) is 16.2 Å². The quantitative estimate of drug-likeness (QED) is 0.396. The first-order valence-corrected chi connectivity index (χ1v) is 11.4. The summed E-state index contributed by atoms with van der Waals surface area (Å²) in [4.78, 5) is 22.2. The zero-order valence-corrected chi connectivity index (χ0v) is 18.1. The number of ether oxygens (including phenoxy) is 1. The number of halogens is 4. The third-order valence-electron chi connectivity index (χ3n) is 4.19. The number of hydrogen-bond donors (Lipinski definition) is 2. The number of hydrogen-bond acceptors (Lipinski definition) is 4. The van der Waals surface area contributed by atoms with Crippen molar-refractivity contribution in [3.8, 4) is 5.75 Å². The number of thiophene rings is 1. The Balaban J connectivity index is 1.78. The number of amides is 1. The minimum absolute atomic E-state index is 0.289. The molecule has 0 saturated heterocycles. The summed E-state index contributed by atoms with van der Waals surface area (Å²) < 4.78 is 53.3. The third-order valence-corrected chi connectivity index (χ3v) is 6.08. The van der Waals surface area contributed by atoms with Crippen molar-refractivity contribution in [2.24, 2.45) is 0 Å². The Morgan fingerprint density at radius 2 is 2.06 bits per heavy atom. The molecule has 5 nitrogen and oxygen atoms in total. The van der Waals surface area contributed by atoms with Crippen LogP contribution in [-0.4, -0.2) is 23.3 Å². The van der Waals surface area contributed by atoms with Gasteiger partial charge in [0, 0.05) is 15.9 Å². The van der Waals surface area contributed by atoms with Gasteiger partial charge < -0.3 is 10.1 Å². The fourth-order valence-corrected chi connectivity index (χ4v) is 4.75. The summed E-state index contributed by atoms with van der Waals surface area (Å²) in [6.45, 7) is 0. The van der Waals surface area contributed by atoms with Gasteiger partial charge in [-0.2, -0.15) is 4.89 Å². The van der Waals surface area contributed by atoms with Crippen molar-refractivity contribution in [1.29, 1.82) is 0 Å². The molecule has 2 atom stereocenters. The van der Waals surface area contributed by atoms with Crippen molar-refractivity contribution in [2.45, 2.75) is 12.3 Å². The minimum Gasteiger partial charge on any atom is -0.406 e. The molecule has 1 amide bonds. The van der Waals surface area contributed by atoms with Gasteiger partial charge in [0.25, 0.3) is 0 Å². The lowest BCUT2D eigenvalue weighted by Gasteiger charge is -2.10. The summed E-state index contributed by atoms with van der Waals surface area (Å²) in [5, 5.41) is 5.45. The van der Waals surface area contributed by atoms with Crippen LogP contribution in [0, 0.1) is 0 Å². The molecule has 0 spiro atoms. The fraction of sp³-hybridized carbons (Fsp3) is 0.150. The number of alkyl halides is 3. The second-order valence-corrected chi connectivity index (χ2v) is 8.80. The van der Waals surface area contributed by atoms with Crippen LogP contribution >= 0.6 is 31.0 Å². The smallest absolute Gasteiger partial charge is 0.406 e. The molecule has 1 heterocycles. The number of benzene rings is 2. The van der Waals surface area contributed by atoms with E-state index in [4.69, 9.17) is 11.6 Å². The Morgan fingerprint density at radius 1 is 1.29 bits per heavy atom. The summed E-state index contributed by atoms with van der Waals surface area (Å²) in [5.41, 5.74) is 0.936. The van der Waals surface area contributed by atoms with Crippen LogP contribution in [0.3, 0.4) is 0 Å². The third kappa shape index (κ3) is 6.51. The zero-order chi connectivity index (χ0) is 22.6. The number of carbonyl (C=O) groups excluding carboxylic acids is 1. The van der Waals surface area contributed by atoms with E-state index in [0.717, 1.165) is 22.2 Å². The molecule has 11 heteroatoms. The first kappa shape index (κ1) is 23.2. The normalized spacial score (nSPS) is 13.4. The van der Waals surface area contributed by atoms with Gasteiger partial charge in [0.1, 0.15) is 11.7 Å². The summed E-state index contributed by atoms with van der Waals surface area (Å²) in [6.07, 6.45) is -2.45. The van der Waals surface area contributed by atoms with Crippen LogP contribution in [0.2, 0.25) is 5.02 Å². The Labute approximate surface area is 185 Å². The molecule has 0 aliphatic carbocycles. The Kier molecular flexibility index (Phi) is 7.33. The molecule has 0 bridgehead atoms. The largest absolute Gasteiger partial charge is 0.573 e. The first-order chi connectivity index (χ1) is 14.6. The number of rotatable bonds is 7. The van der Waals surface area contributed by atoms with E-state index in [1.54, 1.807) is 23.6 Å². The van der Waals surface area contributed by atoms with Crippen molar-refractivity contribution in [1.82, 2.24) is 5.32 Å². The molecule has 2 unspecified atom stereocenters. The SMILES string of the molecule is O=C(N/C=C/c1cccc(OC(F)(F)F)c1)C(C[P+](=O)O)c1csc2ccc(Cl)cc12. The zero-order valence-electron chi connectivity index (χ0n) is 15.6. The van der Waals surface area contributed by atoms with Crippen molar-refractivity contribution in [3.63, 3.8) is 0 Å². The van der Waals surface area contributed by atoms with Crippen LogP contribution < -0.4 is 10.1 Å². The molecular formula is C20H15ClF3NO4PS+. The average molecular weight is 489 g/mol. The van der Waals surface area contributed by atoms with Gasteiger partial charge in [0.15, 0.2) is 6.16 Å². The Hall–Kier alpha value is -2.45. The molecule has 3 aromatic rings. The highest BCUT2D eigenvalue weighted by Gasteiger charge is 2.32. The molecular weight excluding hydrogens is 474 g/mol. The standard InChI is InChI=1S/C20H14ClF3NO4PS/c21-13-4-5-18-15(9-13)17(11-31-18)16(10-30(27)28)19(26)25-7-6-12-2-1-3-14(8-12)29-20(22,23)24/h1-9,11,16H,10H2,(H-,25,26,27,28)/p+1/b7-6+. The summed E-state index contributed by atoms with van der Waals surface area (Å²) in [6, 6.07) is 10.4. The van der Waals surface area contributed by atoms with Crippen LogP contribution in [0.15, 0.2) is 54.0 Å². The summed E-state index contributed by atoms with van der Waals surface area (Å²) in [7, 11) is -2.60. The first-order valence-electron chi connectivity index (χ1n) is 8.75.